The van der Waals surface area contributed by atoms with E-state index in [-0.39, 0.29) is 12.3 Å². The van der Waals surface area contributed by atoms with Gasteiger partial charge in [-0.15, -0.1) is 0 Å². The summed E-state index contributed by atoms with van der Waals surface area (Å²) >= 11 is 1.24. The van der Waals surface area contributed by atoms with Crippen molar-refractivity contribution >= 4 is 51.3 Å². The molecule has 4 aromatic rings. The number of hydrogen-bond donors (Lipinski definition) is 2. The van der Waals surface area contributed by atoms with Crippen LogP contribution in [0.25, 0.3) is 16.8 Å². The number of hydrogen-bond acceptors (Lipinski definition) is 6. The lowest BCUT2D eigenvalue weighted by Crippen LogP contribution is -2.19. The number of methoxy groups -OCH3 is 1. The zero-order chi connectivity index (χ0) is 26.5. The molecule has 0 radical (unpaired) electrons. The molecule has 0 bridgehead atoms. The number of carbonyl (C=O) groups excluding carboxylic acids is 1. The third-order valence-corrected chi connectivity index (χ3v) is 6.82. The molecule has 190 valence electrons. The topological polar surface area (TPSA) is 97.2 Å². The van der Waals surface area contributed by atoms with Crippen LogP contribution in [-0.4, -0.2) is 29.3 Å². The van der Waals surface area contributed by atoms with Gasteiger partial charge in [0.05, 0.1) is 24.1 Å². The van der Waals surface area contributed by atoms with E-state index in [1.165, 1.54) is 11.8 Å². The third kappa shape index (κ3) is 5.87. The molecule has 2 N–H and O–H groups in total. The molecule has 1 aliphatic rings. The monoisotopic (exact) mass is 524 g/mol. The van der Waals surface area contributed by atoms with Gasteiger partial charge >= 0.3 is 5.97 Å². The summed E-state index contributed by atoms with van der Waals surface area (Å²) in [5.41, 5.74) is 2.99. The first-order chi connectivity index (χ1) is 18.5. The van der Waals surface area contributed by atoms with E-state index < -0.39 is 5.97 Å². The van der Waals surface area contributed by atoms with Gasteiger partial charge in [-0.25, -0.2) is 4.99 Å². The number of para-hydroxylation sites is 1. The molecule has 0 aromatic heterocycles. The molecule has 1 saturated heterocycles. The lowest BCUT2D eigenvalue weighted by molar-refractivity contribution is -0.136. The minimum Gasteiger partial charge on any atom is -0.496 e. The van der Waals surface area contributed by atoms with Crippen molar-refractivity contribution in [1.29, 1.82) is 0 Å². The van der Waals surface area contributed by atoms with Gasteiger partial charge in [0.15, 0.2) is 5.17 Å². The molecule has 1 heterocycles. The van der Waals surface area contributed by atoms with E-state index in [1.807, 2.05) is 66.7 Å². The average Bonchev–Trinajstić information content (AvgIpc) is 3.26. The third-order valence-electron chi connectivity index (χ3n) is 5.91. The fraction of sp³-hybridized carbons (Fsp3) is 0.100. The van der Waals surface area contributed by atoms with Crippen molar-refractivity contribution in [1.82, 2.24) is 5.32 Å². The Balaban J connectivity index is 1.42. The number of ether oxygens (including phenoxy) is 2. The quantitative estimate of drug-likeness (QED) is 0.277. The highest BCUT2D eigenvalue weighted by Crippen LogP contribution is 2.34. The molecular formula is C30H24N2O5S. The van der Waals surface area contributed by atoms with Crippen LogP contribution < -0.4 is 14.8 Å². The van der Waals surface area contributed by atoms with Crippen LogP contribution in [0.3, 0.4) is 0 Å². The fourth-order valence-corrected chi connectivity index (χ4v) is 4.89. The lowest BCUT2D eigenvalue weighted by Gasteiger charge is -2.13. The van der Waals surface area contributed by atoms with Gasteiger partial charge in [-0.2, -0.15) is 0 Å². The number of benzene rings is 4. The highest BCUT2D eigenvalue weighted by molar-refractivity contribution is 8.18. The van der Waals surface area contributed by atoms with Crippen LogP contribution in [0.5, 0.6) is 11.5 Å². The predicted molar refractivity (Wildman–Crippen MR) is 150 cm³/mol. The summed E-state index contributed by atoms with van der Waals surface area (Å²) < 4.78 is 11.7. The van der Waals surface area contributed by atoms with Crippen LogP contribution in [0.15, 0.2) is 94.8 Å². The van der Waals surface area contributed by atoms with Gasteiger partial charge in [0, 0.05) is 11.1 Å². The largest absolute Gasteiger partial charge is 0.496 e. The van der Waals surface area contributed by atoms with Crippen molar-refractivity contribution in [3.05, 3.63) is 107 Å². The first kappa shape index (κ1) is 25.1. The second kappa shape index (κ2) is 11.2. The minimum absolute atomic E-state index is 0.0531. The van der Waals surface area contributed by atoms with Crippen molar-refractivity contribution in [3.63, 3.8) is 0 Å². The molecule has 8 heteroatoms. The molecule has 0 saturated carbocycles. The maximum absolute atomic E-state index is 12.8. The smallest absolute Gasteiger partial charge is 0.307 e. The molecule has 7 nitrogen and oxygen atoms in total. The van der Waals surface area contributed by atoms with Crippen LogP contribution in [0.2, 0.25) is 0 Å². The van der Waals surface area contributed by atoms with Crippen molar-refractivity contribution in [2.24, 2.45) is 4.99 Å². The number of carboxylic acid groups (broad SMARTS) is 1. The Morgan fingerprint density at radius 1 is 0.974 bits per heavy atom. The Morgan fingerprint density at radius 3 is 2.42 bits per heavy atom. The number of rotatable bonds is 8. The van der Waals surface area contributed by atoms with E-state index in [4.69, 9.17) is 14.6 Å². The molecule has 1 fully saturated rings. The molecule has 0 unspecified atom stereocenters. The van der Waals surface area contributed by atoms with E-state index in [0.717, 1.165) is 27.6 Å². The average molecular weight is 525 g/mol. The number of carbonyl (C=O) groups is 2. The Kier molecular flexibility index (Phi) is 7.42. The van der Waals surface area contributed by atoms with E-state index in [2.05, 4.69) is 10.3 Å². The van der Waals surface area contributed by atoms with E-state index in [9.17, 15) is 9.59 Å². The summed E-state index contributed by atoms with van der Waals surface area (Å²) in [5.74, 6) is 0.253. The Morgan fingerprint density at radius 2 is 1.68 bits per heavy atom. The van der Waals surface area contributed by atoms with Gasteiger partial charge in [0.25, 0.3) is 5.91 Å². The predicted octanol–water partition coefficient (Wildman–Crippen LogP) is 5.95. The molecular weight excluding hydrogens is 500 g/mol. The number of fused-ring (bicyclic) bond motifs is 1. The van der Waals surface area contributed by atoms with Crippen LogP contribution in [0.1, 0.15) is 16.7 Å². The van der Waals surface area contributed by atoms with E-state index >= 15 is 0 Å². The van der Waals surface area contributed by atoms with Crippen molar-refractivity contribution < 1.29 is 24.2 Å². The number of aliphatic imine (C=N–C) groups is 1. The first-order valence-electron chi connectivity index (χ1n) is 11.9. The van der Waals surface area contributed by atoms with E-state index in [0.29, 0.717) is 33.7 Å². The zero-order valence-corrected chi connectivity index (χ0v) is 21.3. The minimum atomic E-state index is -0.891. The molecule has 5 rings (SSSR count). The fourth-order valence-electron chi connectivity index (χ4n) is 4.05. The molecule has 4 aromatic carbocycles. The maximum atomic E-state index is 12.8. The highest BCUT2D eigenvalue weighted by Gasteiger charge is 2.24. The Hall–Kier alpha value is -4.56. The van der Waals surface area contributed by atoms with Crippen LogP contribution in [-0.2, 0) is 22.6 Å². The summed E-state index contributed by atoms with van der Waals surface area (Å²) in [6.07, 6.45) is 1.75. The number of amidine groups is 1. The number of aliphatic carboxylic acids is 1. The van der Waals surface area contributed by atoms with Gasteiger partial charge in [0.2, 0.25) is 0 Å². The Bertz CT molecular complexity index is 1580. The Labute approximate surface area is 223 Å². The summed E-state index contributed by atoms with van der Waals surface area (Å²) in [5, 5.41) is 14.3. The second-order valence-electron chi connectivity index (χ2n) is 8.56. The SMILES string of the molecule is COc1ccccc1COc1cc2ccccc2cc1C=C1SC(=Nc2ccc(CC(=O)O)cc2)NC1=O. The van der Waals surface area contributed by atoms with Crippen LogP contribution >= 0.6 is 11.8 Å². The standard InChI is InChI=1S/C30H24N2O5S/c1-36-25-9-5-4-8-22(25)18-37-26-16-21-7-3-2-6-20(21)15-23(26)17-27-29(35)32-30(38-27)31-24-12-10-19(11-13-24)14-28(33)34/h2-13,15-17H,14,18H2,1H3,(H,33,34)(H,31,32,35). The normalized spacial score (nSPS) is 15.1. The summed E-state index contributed by atoms with van der Waals surface area (Å²) in [6.45, 7) is 0.308. The lowest BCUT2D eigenvalue weighted by atomic mass is 10.1. The van der Waals surface area contributed by atoms with Crippen LogP contribution in [0, 0.1) is 0 Å². The van der Waals surface area contributed by atoms with Gasteiger partial charge in [-0.1, -0.05) is 54.6 Å². The zero-order valence-electron chi connectivity index (χ0n) is 20.5. The summed E-state index contributed by atoms with van der Waals surface area (Å²) in [7, 11) is 1.63. The van der Waals surface area contributed by atoms with Gasteiger partial charge in [-0.3, -0.25) is 9.59 Å². The second-order valence-corrected chi connectivity index (χ2v) is 9.59. The number of nitrogens with zero attached hydrogens (tertiary/aromatic N) is 1. The first-order valence-corrected chi connectivity index (χ1v) is 12.7. The van der Waals surface area contributed by atoms with Crippen molar-refractivity contribution in [3.8, 4) is 11.5 Å². The number of nitrogens with one attached hydrogen (secondary N) is 1. The van der Waals surface area contributed by atoms with Crippen molar-refractivity contribution in [2.45, 2.75) is 13.0 Å². The molecule has 0 atom stereocenters. The maximum Gasteiger partial charge on any atom is 0.307 e. The van der Waals surface area contributed by atoms with Crippen LogP contribution in [0.4, 0.5) is 5.69 Å². The van der Waals surface area contributed by atoms with Gasteiger partial charge in [-0.05, 0) is 64.5 Å². The van der Waals surface area contributed by atoms with Crippen molar-refractivity contribution in [2.75, 3.05) is 7.11 Å². The molecule has 1 amide bonds. The number of thioether (sulfide) groups is 1. The van der Waals surface area contributed by atoms with Gasteiger partial charge in [0.1, 0.15) is 18.1 Å². The molecule has 1 aliphatic heterocycles. The summed E-state index contributed by atoms with van der Waals surface area (Å²) in [4.78, 5) is 28.7. The molecule has 0 spiro atoms. The summed E-state index contributed by atoms with van der Waals surface area (Å²) in [6, 6.07) is 26.5. The number of amides is 1. The highest BCUT2D eigenvalue weighted by atomic mass is 32.2. The van der Waals surface area contributed by atoms with E-state index in [1.54, 1.807) is 31.4 Å². The molecule has 38 heavy (non-hydrogen) atoms. The molecule has 0 aliphatic carbocycles. The number of carboxylic acids is 1. The van der Waals surface area contributed by atoms with Gasteiger partial charge < -0.3 is 19.9 Å².